The van der Waals surface area contributed by atoms with Crippen molar-refractivity contribution in [2.24, 2.45) is 0 Å². The Morgan fingerprint density at radius 3 is 2.71 bits per heavy atom. The Morgan fingerprint density at radius 2 is 2.05 bits per heavy atom. The Labute approximate surface area is 128 Å². The number of pyridine rings is 1. The molecule has 0 radical (unpaired) electrons. The van der Waals surface area contributed by atoms with E-state index in [1.807, 2.05) is 31.2 Å². The molecule has 5 heteroatoms. The monoisotopic (exact) mass is 302 g/mol. The first-order valence-electron chi connectivity index (χ1n) is 6.72. The summed E-state index contributed by atoms with van der Waals surface area (Å²) in [7, 11) is 0. The van der Waals surface area contributed by atoms with Crippen LogP contribution >= 0.6 is 11.8 Å². The number of carbonyl (C=O) groups is 1. The minimum Gasteiger partial charge on any atom is -0.396 e. The molecule has 1 aromatic carbocycles. The summed E-state index contributed by atoms with van der Waals surface area (Å²) in [5.74, 6) is 0.565. The van der Waals surface area contributed by atoms with Crippen molar-refractivity contribution >= 4 is 17.7 Å². The molecule has 0 spiro atoms. The van der Waals surface area contributed by atoms with Crippen LogP contribution in [0.25, 0.3) is 0 Å². The molecule has 1 heterocycles. The van der Waals surface area contributed by atoms with E-state index in [0.29, 0.717) is 17.9 Å². The van der Waals surface area contributed by atoms with Crippen LogP contribution in [-0.2, 0) is 6.54 Å². The summed E-state index contributed by atoms with van der Waals surface area (Å²) < 4.78 is 0. The first-order chi connectivity index (χ1) is 10.2. The highest BCUT2D eigenvalue weighted by Gasteiger charge is 2.05. The van der Waals surface area contributed by atoms with Gasteiger partial charge in [0.1, 0.15) is 0 Å². The number of benzene rings is 1. The average Bonchev–Trinajstić information content (AvgIpc) is 2.51. The molecule has 0 unspecified atom stereocenters. The van der Waals surface area contributed by atoms with E-state index < -0.39 is 0 Å². The number of aryl methyl sites for hydroxylation is 1. The molecule has 1 aromatic heterocycles. The molecule has 0 atom stereocenters. The van der Waals surface area contributed by atoms with Crippen molar-refractivity contribution in [3.63, 3.8) is 0 Å². The van der Waals surface area contributed by atoms with Crippen LogP contribution in [0.3, 0.4) is 0 Å². The van der Waals surface area contributed by atoms with Crippen molar-refractivity contribution in [3.8, 4) is 0 Å². The van der Waals surface area contributed by atoms with Gasteiger partial charge >= 0.3 is 0 Å². The summed E-state index contributed by atoms with van der Waals surface area (Å²) in [6.07, 6.45) is 1.74. The molecule has 0 bridgehead atoms. The van der Waals surface area contributed by atoms with Gasteiger partial charge in [0, 0.05) is 34.6 Å². The second-order valence-electron chi connectivity index (χ2n) is 4.58. The molecule has 1 amide bonds. The maximum Gasteiger partial charge on any atom is 0.251 e. The summed E-state index contributed by atoms with van der Waals surface area (Å²) in [5, 5.41) is 11.7. The summed E-state index contributed by atoms with van der Waals surface area (Å²) in [6.45, 7) is 2.57. The van der Waals surface area contributed by atoms with Gasteiger partial charge in [-0.3, -0.25) is 9.78 Å². The van der Waals surface area contributed by atoms with Crippen LogP contribution in [0, 0.1) is 6.92 Å². The minimum absolute atomic E-state index is 0.0943. The molecule has 4 nitrogen and oxygen atoms in total. The van der Waals surface area contributed by atoms with E-state index >= 15 is 0 Å². The van der Waals surface area contributed by atoms with Gasteiger partial charge < -0.3 is 10.4 Å². The summed E-state index contributed by atoms with van der Waals surface area (Å²) in [5.41, 5.74) is 2.60. The number of nitrogens with zero attached hydrogens (tertiary/aromatic N) is 1. The van der Waals surface area contributed by atoms with Crippen molar-refractivity contribution in [2.75, 3.05) is 12.4 Å². The molecule has 0 saturated heterocycles. The number of thioether (sulfide) groups is 1. The zero-order chi connectivity index (χ0) is 15.1. The van der Waals surface area contributed by atoms with Crippen LogP contribution in [0.2, 0.25) is 0 Å². The largest absolute Gasteiger partial charge is 0.396 e. The van der Waals surface area contributed by atoms with Crippen molar-refractivity contribution in [2.45, 2.75) is 18.4 Å². The lowest BCUT2D eigenvalue weighted by Crippen LogP contribution is -2.22. The first-order valence-corrected chi connectivity index (χ1v) is 7.71. The van der Waals surface area contributed by atoms with Gasteiger partial charge in [0.05, 0.1) is 6.61 Å². The molecule has 0 fully saturated rings. The predicted octanol–water partition coefficient (Wildman–Crippen LogP) is 2.40. The van der Waals surface area contributed by atoms with Crippen LogP contribution in [0.15, 0.2) is 47.5 Å². The average molecular weight is 302 g/mol. The molecule has 0 aliphatic rings. The fourth-order valence-electron chi connectivity index (χ4n) is 1.86. The van der Waals surface area contributed by atoms with Gasteiger partial charge in [-0.1, -0.05) is 0 Å². The first kappa shape index (κ1) is 15.5. The second-order valence-corrected chi connectivity index (χ2v) is 5.75. The van der Waals surface area contributed by atoms with Crippen LogP contribution in [-0.4, -0.2) is 28.4 Å². The van der Waals surface area contributed by atoms with Gasteiger partial charge in [0.25, 0.3) is 5.91 Å². The SMILES string of the molecule is Cc1cc(CNC(=O)c2ccc(SCCO)cc2)ccn1. The molecule has 0 aliphatic heterocycles. The summed E-state index contributed by atoms with van der Waals surface area (Å²) in [6, 6.07) is 11.2. The fourth-order valence-corrected chi connectivity index (χ4v) is 2.52. The van der Waals surface area contributed by atoms with Crippen LogP contribution in [0.5, 0.6) is 0 Å². The van der Waals surface area contributed by atoms with Crippen molar-refractivity contribution in [1.82, 2.24) is 10.3 Å². The van der Waals surface area contributed by atoms with E-state index in [2.05, 4.69) is 10.3 Å². The Balaban J connectivity index is 1.91. The van der Waals surface area contributed by atoms with Gasteiger partial charge in [0.15, 0.2) is 0 Å². The molecular formula is C16H18N2O2S. The van der Waals surface area contributed by atoms with Gasteiger partial charge in [-0.25, -0.2) is 0 Å². The molecule has 110 valence electrons. The third kappa shape index (κ3) is 4.88. The number of aliphatic hydroxyl groups is 1. The number of aliphatic hydroxyl groups excluding tert-OH is 1. The number of aromatic nitrogens is 1. The van der Waals surface area contributed by atoms with E-state index in [1.54, 1.807) is 30.1 Å². The van der Waals surface area contributed by atoms with Gasteiger partial charge in [-0.2, -0.15) is 0 Å². The molecule has 2 aromatic rings. The summed E-state index contributed by atoms with van der Waals surface area (Å²) in [4.78, 5) is 17.2. The highest BCUT2D eigenvalue weighted by molar-refractivity contribution is 7.99. The fraction of sp³-hybridized carbons (Fsp3) is 0.250. The van der Waals surface area contributed by atoms with E-state index in [9.17, 15) is 4.79 Å². The quantitative estimate of drug-likeness (QED) is 0.804. The normalized spacial score (nSPS) is 10.4. The van der Waals surface area contributed by atoms with Crippen LogP contribution in [0.4, 0.5) is 0 Å². The number of amides is 1. The minimum atomic E-state index is -0.0943. The Morgan fingerprint density at radius 1 is 1.29 bits per heavy atom. The number of hydrogen-bond acceptors (Lipinski definition) is 4. The van der Waals surface area contributed by atoms with E-state index in [0.717, 1.165) is 16.2 Å². The maximum atomic E-state index is 12.1. The van der Waals surface area contributed by atoms with Gasteiger partial charge in [0.2, 0.25) is 0 Å². The number of rotatable bonds is 6. The van der Waals surface area contributed by atoms with Gasteiger partial charge in [-0.15, -0.1) is 11.8 Å². The molecule has 0 aliphatic carbocycles. The second kappa shape index (κ2) is 7.81. The highest BCUT2D eigenvalue weighted by atomic mass is 32.2. The molecule has 21 heavy (non-hydrogen) atoms. The number of carbonyl (C=O) groups excluding carboxylic acids is 1. The lowest BCUT2D eigenvalue weighted by Gasteiger charge is -2.07. The third-order valence-corrected chi connectivity index (χ3v) is 3.88. The predicted molar refractivity (Wildman–Crippen MR) is 84.4 cm³/mol. The third-order valence-electron chi connectivity index (χ3n) is 2.89. The number of hydrogen-bond donors (Lipinski definition) is 2. The standard InChI is InChI=1S/C16H18N2O2S/c1-12-10-13(6-7-17-12)11-18-16(20)14-2-4-15(5-3-14)21-9-8-19/h2-7,10,19H,8-9,11H2,1H3,(H,18,20). The Hall–Kier alpha value is -1.85. The lowest BCUT2D eigenvalue weighted by molar-refractivity contribution is 0.0951. The number of nitrogens with one attached hydrogen (secondary N) is 1. The van der Waals surface area contributed by atoms with E-state index in [-0.39, 0.29) is 12.5 Å². The zero-order valence-corrected chi connectivity index (χ0v) is 12.7. The van der Waals surface area contributed by atoms with Crippen molar-refractivity contribution in [1.29, 1.82) is 0 Å². The summed E-state index contributed by atoms with van der Waals surface area (Å²) >= 11 is 1.56. The van der Waals surface area contributed by atoms with E-state index in [1.165, 1.54) is 0 Å². The zero-order valence-electron chi connectivity index (χ0n) is 11.9. The Bertz CT molecular complexity index is 599. The molecular weight excluding hydrogens is 284 g/mol. The van der Waals surface area contributed by atoms with Crippen molar-refractivity contribution in [3.05, 3.63) is 59.4 Å². The maximum absolute atomic E-state index is 12.1. The highest BCUT2D eigenvalue weighted by Crippen LogP contribution is 2.17. The molecule has 2 N–H and O–H groups in total. The van der Waals surface area contributed by atoms with Crippen LogP contribution < -0.4 is 5.32 Å². The van der Waals surface area contributed by atoms with Crippen molar-refractivity contribution < 1.29 is 9.90 Å². The Kier molecular flexibility index (Phi) is 5.78. The van der Waals surface area contributed by atoms with Crippen LogP contribution in [0.1, 0.15) is 21.6 Å². The van der Waals surface area contributed by atoms with E-state index in [4.69, 9.17) is 5.11 Å². The topological polar surface area (TPSA) is 62.2 Å². The smallest absolute Gasteiger partial charge is 0.251 e. The lowest BCUT2D eigenvalue weighted by atomic mass is 10.2. The van der Waals surface area contributed by atoms with Gasteiger partial charge in [-0.05, 0) is 48.9 Å². The molecule has 2 rings (SSSR count). The molecule has 0 saturated carbocycles.